The van der Waals surface area contributed by atoms with Crippen LogP contribution in [-0.2, 0) is 0 Å². The molecule has 1 heterocycles. The van der Waals surface area contributed by atoms with Crippen molar-refractivity contribution < 1.29 is 0 Å². The molecular weight excluding hydrogens is 190 g/mol. The number of aliphatic imine (C=N–C) groups is 1. The van der Waals surface area contributed by atoms with Crippen LogP contribution in [0.2, 0.25) is 0 Å². The number of hydrogen-bond donors (Lipinski definition) is 2. The third kappa shape index (κ3) is 2.37. The highest BCUT2D eigenvalue weighted by molar-refractivity contribution is 5.99. The fourth-order valence-corrected chi connectivity index (χ4v) is 1.20. The number of nitrogen functional groups attached to an aromatic ring is 1. The molecule has 0 radical (unpaired) electrons. The monoisotopic (exact) mass is 207 g/mol. The van der Waals surface area contributed by atoms with E-state index in [9.17, 15) is 0 Å². The number of imidazole rings is 1. The standard InChI is InChI=1S/C10H17N5/c1-4-5-13-9(11)8-10(12)15(6-14-8)7(2)3/h4-7H,12H2,1-3H3,(H2,11,13)/b5-4-. The second-order valence-corrected chi connectivity index (χ2v) is 3.48. The summed E-state index contributed by atoms with van der Waals surface area (Å²) in [6, 6.07) is 0.265. The van der Waals surface area contributed by atoms with Crippen molar-refractivity contribution in [2.75, 3.05) is 5.73 Å². The summed E-state index contributed by atoms with van der Waals surface area (Å²) >= 11 is 0. The summed E-state index contributed by atoms with van der Waals surface area (Å²) in [5.74, 6) is 0.890. The molecule has 0 saturated heterocycles. The Morgan fingerprint density at radius 1 is 1.60 bits per heavy atom. The third-order valence-electron chi connectivity index (χ3n) is 1.99. The van der Waals surface area contributed by atoms with Crippen LogP contribution in [0, 0.1) is 0 Å². The number of allylic oxidation sites excluding steroid dienone is 1. The molecule has 0 aliphatic heterocycles. The summed E-state index contributed by atoms with van der Waals surface area (Å²) in [6.07, 6.45) is 5.08. The summed E-state index contributed by atoms with van der Waals surface area (Å²) in [6.45, 7) is 5.93. The molecule has 0 spiro atoms. The van der Waals surface area contributed by atoms with E-state index in [-0.39, 0.29) is 6.04 Å². The first-order valence-electron chi connectivity index (χ1n) is 4.85. The molecule has 1 rings (SSSR count). The van der Waals surface area contributed by atoms with Crippen molar-refractivity contribution in [3.05, 3.63) is 24.3 Å². The van der Waals surface area contributed by atoms with E-state index in [1.165, 1.54) is 0 Å². The normalized spacial score (nSPS) is 12.9. The van der Waals surface area contributed by atoms with Gasteiger partial charge in [0, 0.05) is 12.2 Å². The first kappa shape index (κ1) is 11.3. The maximum Gasteiger partial charge on any atom is 0.153 e. The van der Waals surface area contributed by atoms with Crippen molar-refractivity contribution in [1.29, 1.82) is 0 Å². The van der Waals surface area contributed by atoms with Gasteiger partial charge in [-0.1, -0.05) is 6.08 Å². The molecule has 0 bridgehead atoms. The lowest BCUT2D eigenvalue weighted by Gasteiger charge is -2.08. The molecule has 0 saturated carbocycles. The van der Waals surface area contributed by atoms with E-state index in [1.807, 2.05) is 25.3 Å². The average molecular weight is 207 g/mol. The van der Waals surface area contributed by atoms with Gasteiger partial charge in [0.25, 0.3) is 0 Å². The molecule has 5 heteroatoms. The first-order chi connectivity index (χ1) is 7.07. The molecule has 0 aromatic carbocycles. The van der Waals surface area contributed by atoms with Gasteiger partial charge in [0.1, 0.15) is 11.5 Å². The maximum atomic E-state index is 5.89. The predicted molar refractivity (Wildman–Crippen MR) is 62.6 cm³/mol. The molecule has 1 aromatic rings. The van der Waals surface area contributed by atoms with Crippen molar-refractivity contribution >= 4 is 11.7 Å². The van der Waals surface area contributed by atoms with Gasteiger partial charge < -0.3 is 16.0 Å². The van der Waals surface area contributed by atoms with Gasteiger partial charge in [-0.2, -0.15) is 0 Å². The van der Waals surface area contributed by atoms with Crippen LogP contribution in [0.1, 0.15) is 32.5 Å². The quantitative estimate of drug-likeness (QED) is 0.578. The van der Waals surface area contributed by atoms with E-state index >= 15 is 0 Å². The van der Waals surface area contributed by atoms with Gasteiger partial charge in [-0.15, -0.1) is 0 Å². The number of nitrogens with two attached hydrogens (primary N) is 2. The topological polar surface area (TPSA) is 82.2 Å². The molecule has 1 aromatic heterocycles. The number of hydrogen-bond acceptors (Lipinski definition) is 3. The van der Waals surface area contributed by atoms with Crippen LogP contribution in [0.5, 0.6) is 0 Å². The van der Waals surface area contributed by atoms with Gasteiger partial charge in [0.2, 0.25) is 0 Å². The minimum Gasteiger partial charge on any atom is -0.383 e. The van der Waals surface area contributed by atoms with E-state index in [0.29, 0.717) is 17.3 Å². The lowest BCUT2D eigenvalue weighted by molar-refractivity contribution is 0.607. The molecule has 0 fully saturated rings. The summed E-state index contributed by atoms with van der Waals surface area (Å²) in [5.41, 5.74) is 12.2. The van der Waals surface area contributed by atoms with Crippen molar-refractivity contribution in [3.8, 4) is 0 Å². The van der Waals surface area contributed by atoms with Gasteiger partial charge in [-0.3, -0.25) is 0 Å². The van der Waals surface area contributed by atoms with Gasteiger partial charge in [-0.25, -0.2) is 9.98 Å². The smallest absolute Gasteiger partial charge is 0.153 e. The van der Waals surface area contributed by atoms with Crippen LogP contribution in [-0.4, -0.2) is 15.4 Å². The zero-order chi connectivity index (χ0) is 11.4. The van der Waals surface area contributed by atoms with Crippen molar-refractivity contribution in [1.82, 2.24) is 9.55 Å². The van der Waals surface area contributed by atoms with E-state index in [1.54, 1.807) is 18.6 Å². The molecule has 0 aliphatic carbocycles. The largest absolute Gasteiger partial charge is 0.383 e. The molecule has 0 unspecified atom stereocenters. The molecule has 0 atom stereocenters. The Morgan fingerprint density at radius 2 is 2.27 bits per heavy atom. The predicted octanol–water partition coefficient (Wildman–Crippen LogP) is 1.29. The van der Waals surface area contributed by atoms with Crippen molar-refractivity contribution in [3.63, 3.8) is 0 Å². The summed E-state index contributed by atoms with van der Waals surface area (Å²) < 4.78 is 1.85. The Kier molecular flexibility index (Phi) is 3.49. The van der Waals surface area contributed by atoms with Crippen LogP contribution in [0.25, 0.3) is 0 Å². The fourth-order valence-electron chi connectivity index (χ4n) is 1.20. The van der Waals surface area contributed by atoms with Crippen LogP contribution in [0.3, 0.4) is 0 Å². The summed E-state index contributed by atoms with van der Waals surface area (Å²) in [4.78, 5) is 8.14. The lowest BCUT2D eigenvalue weighted by Crippen LogP contribution is -2.16. The molecule has 0 aliphatic rings. The Labute approximate surface area is 89.5 Å². The number of amidine groups is 1. The van der Waals surface area contributed by atoms with Crippen LogP contribution in [0.4, 0.5) is 5.82 Å². The molecule has 0 amide bonds. The van der Waals surface area contributed by atoms with Gasteiger partial charge in [-0.05, 0) is 20.8 Å². The first-order valence-corrected chi connectivity index (χ1v) is 4.85. The van der Waals surface area contributed by atoms with Gasteiger partial charge in [0.05, 0.1) is 6.33 Å². The molecule has 5 nitrogen and oxygen atoms in total. The highest BCUT2D eigenvalue weighted by Crippen LogP contribution is 2.15. The number of nitrogens with zero attached hydrogens (tertiary/aromatic N) is 3. The van der Waals surface area contributed by atoms with Crippen molar-refractivity contribution in [2.45, 2.75) is 26.8 Å². The Balaban J connectivity index is 3.06. The number of aromatic nitrogens is 2. The van der Waals surface area contributed by atoms with E-state index in [2.05, 4.69) is 9.98 Å². The maximum absolute atomic E-state index is 5.89. The Bertz CT molecular complexity index is 387. The summed E-state index contributed by atoms with van der Waals surface area (Å²) in [7, 11) is 0. The fraction of sp³-hybridized carbons (Fsp3) is 0.400. The summed E-state index contributed by atoms with van der Waals surface area (Å²) in [5, 5.41) is 0. The highest BCUT2D eigenvalue weighted by Gasteiger charge is 2.12. The average Bonchev–Trinajstić information content (AvgIpc) is 2.56. The zero-order valence-electron chi connectivity index (χ0n) is 9.31. The number of anilines is 1. The van der Waals surface area contributed by atoms with Crippen molar-refractivity contribution in [2.24, 2.45) is 10.7 Å². The third-order valence-corrected chi connectivity index (χ3v) is 1.99. The van der Waals surface area contributed by atoms with Crippen LogP contribution >= 0.6 is 0 Å². The van der Waals surface area contributed by atoms with Gasteiger partial charge >= 0.3 is 0 Å². The molecular formula is C10H17N5. The second kappa shape index (κ2) is 4.63. The van der Waals surface area contributed by atoms with E-state index in [4.69, 9.17) is 11.5 Å². The Hall–Kier alpha value is -1.78. The molecule has 82 valence electrons. The highest BCUT2D eigenvalue weighted by atomic mass is 15.1. The van der Waals surface area contributed by atoms with E-state index in [0.717, 1.165) is 0 Å². The zero-order valence-corrected chi connectivity index (χ0v) is 9.31. The SMILES string of the molecule is C/C=C\N=C(\N)c1ncn(C(C)C)c1N. The molecule has 4 N–H and O–H groups in total. The Morgan fingerprint density at radius 3 is 2.73 bits per heavy atom. The minimum absolute atomic E-state index is 0.265. The van der Waals surface area contributed by atoms with Gasteiger partial charge in [0.15, 0.2) is 5.84 Å². The number of rotatable bonds is 3. The minimum atomic E-state index is 0.265. The molecule has 15 heavy (non-hydrogen) atoms. The van der Waals surface area contributed by atoms with Crippen LogP contribution in [0.15, 0.2) is 23.6 Å². The van der Waals surface area contributed by atoms with E-state index < -0.39 is 0 Å². The van der Waals surface area contributed by atoms with Crippen LogP contribution < -0.4 is 11.5 Å². The second-order valence-electron chi connectivity index (χ2n) is 3.48. The lowest BCUT2D eigenvalue weighted by atomic mass is 10.3.